The highest BCUT2D eigenvalue weighted by Gasteiger charge is 2.32. The summed E-state index contributed by atoms with van der Waals surface area (Å²) in [6.07, 6.45) is 3.28. The van der Waals surface area contributed by atoms with Gasteiger partial charge in [-0.05, 0) is 42.7 Å². The number of aryl methyl sites for hydroxylation is 1. The molecule has 2 heterocycles. The summed E-state index contributed by atoms with van der Waals surface area (Å²) in [5, 5.41) is 3.45. The van der Waals surface area contributed by atoms with Crippen LogP contribution in [0.2, 0.25) is 5.02 Å². The van der Waals surface area contributed by atoms with E-state index in [-0.39, 0.29) is 23.8 Å². The second-order valence-electron chi connectivity index (χ2n) is 8.02. The Morgan fingerprint density at radius 1 is 1.13 bits per heavy atom. The molecule has 0 saturated carbocycles. The molecule has 1 aromatic heterocycles. The number of aromatic nitrogens is 1. The summed E-state index contributed by atoms with van der Waals surface area (Å²) in [4.78, 5) is 31.8. The summed E-state index contributed by atoms with van der Waals surface area (Å²) in [6.45, 7) is 7.04. The van der Waals surface area contributed by atoms with Gasteiger partial charge in [0.1, 0.15) is 12.1 Å². The standard InChI is InChI=1S/C23H28ClN3O3/c1-15(2)21(26-22(28)17-5-7-18(24)8-6-17)23(29)27-12-10-19(11-13-27)30-20-9-4-16(3)14-25-20/h4-9,14-15,19,21H,10-13H2,1-3H3,(H,26,28)/t21-/m1/s1. The number of benzene rings is 1. The Morgan fingerprint density at radius 2 is 1.80 bits per heavy atom. The topological polar surface area (TPSA) is 71.5 Å². The van der Waals surface area contributed by atoms with Crippen molar-refractivity contribution in [2.75, 3.05) is 13.1 Å². The third kappa shape index (κ3) is 5.72. The fraction of sp³-hybridized carbons (Fsp3) is 0.435. The van der Waals surface area contributed by atoms with Crippen molar-refractivity contribution in [1.29, 1.82) is 0 Å². The first kappa shape index (κ1) is 22.1. The highest BCUT2D eigenvalue weighted by atomic mass is 35.5. The molecule has 2 aromatic rings. The number of amides is 2. The number of nitrogens with zero attached hydrogens (tertiary/aromatic N) is 2. The molecule has 1 saturated heterocycles. The van der Waals surface area contributed by atoms with Crippen LogP contribution >= 0.6 is 11.6 Å². The Labute approximate surface area is 182 Å². The number of nitrogens with one attached hydrogen (secondary N) is 1. The minimum atomic E-state index is -0.579. The van der Waals surface area contributed by atoms with Crippen molar-refractivity contribution in [1.82, 2.24) is 15.2 Å². The summed E-state index contributed by atoms with van der Waals surface area (Å²) in [7, 11) is 0. The molecule has 160 valence electrons. The van der Waals surface area contributed by atoms with Crippen molar-refractivity contribution in [3.63, 3.8) is 0 Å². The van der Waals surface area contributed by atoms with E-state index in [0.29, 0.717) is 29.6 Å². The van der Waals surface area contributed by atoms with Crippen LogP contribution in [0.1, 0.15) is 42.6 Å². The van der Waals surface area contributed by atoms with E-state index in [9.17, 15) is 9.59 Å². The Morgan fingerprint density at radius 3 is 2.37 bits per heavy atom. The molecule has 1 aliphatic heterocycles. The lowest BCUT2D eigenvalue weighted by molar-refractivity contribution is -0.136. The molecular weight excluding hydrogens is 402 g/mol. The molecular formula is C23H28ClN3O3. The van der Waals surface area contributed by atoms with Gasteiger partial charge in [0.25, 0.3) is 5.91 Å². The zero-order valence-electron chi connectivity index (χ0n) is 17.6. The van der Waals surface area contributed by atoms with Gasteiger partial charge in [0.15, 0.2) is 0 Å². The van der Waals surface area contributed by atoms with Crippen LogP contribution in [0.25, 0.3) is 0 Å². The first-order chi connectivity index (χ1) is 14.3. The van der Waals surface area contributed by atoms with Crippen molar-refractivity contribution in [2.45, 2.75) is 45.8 Å². The number of rotatable bonds is 6. The number of pyridine rings is 1. The Kier molecular flexibility index (Phi) is 7.32. The number of carbonyl (C=O) groups excluding carboxylic acids is 2. The number of likely N-dealkylation sites (tertiary alicyclic amines) is 1. The Balaban J connectivity index is 1.56. The van der Waals surface area contributed by atoms with Gasteiger partial charge in [-0.3, -0.25) is 9.59 Å². The van der Waals surface area contributed by atoms with Crippen LogP contribution in [0.15, 0.2) is 42.6 Å². The quantitative estimate of drug-likeness (QED) is 0.756. The molecule has 6 nitrogen and oxygen atoms in total. The molecule has 1 atom stereocenters. The number of ether oxygens (including phenoxy) is 1. The summed E-state index contributed by atoms with van der Waals surface area (Å²) in [6, 6.07) is 9.89. The van der Waals surface area contributed by atoms with E-state index >= 15 is 0 Å². The van der Waals surface area contributed by atoms with Crippen LogP contribution in [0.4, 0.5) is 0 Å². The van der Waals surface area contributed by atoms with Gasteiger partial charge >= 0.3 is 0 Å². The second kappa shape index (κ2) is 9.94. The van der Waals surface area contributed by atoms with Crippen LogP contribution in [-0.4, -0.2) is 46.9 Å². The number of carbonyl (C=O) groups is 2. The fourth-order valence-electron chi connectivity index (χ4n) is 3.42. The molecule has 0 aliphatic carbocycles. The highest BCUT2D eigenvalue weighted by Crippen LogP contribution is 2.19. The third-order valence-electron chi connectivity index (χ3n) is 5.25. The summed E-state index contributed by atoms with van der Waals surface area (Å²) < 4.78 is 5.95. The van der Waals surface area contributed by atoms with Crippen LogP contribution < -0.4 is 10.1 Å². The maximum Gasteiger partial charge on any atom is 0.251 e. The lowest BCUT2D eigenvalue weighted by Gasteiger charge is -2.35. The molecule has 1 N–H and O–H groups in total. The van der Waals surface area contributed by atoms with E-state index in [1.165, 1.54) is 0 Å². The average Bonchev–Trinajstić information content (AvgIpc) is 2.74. The summed E-state index contributed by atoms with van der Waals surface area (Å²) in [5.74, 6) is 0.252. The summed E-state index contributed by atoms with van der Waals surface area (Å²) in [5.41, 5.74) is 1.57. The minimum Gasteiger partial charge on any atom is -0.474 e. The van der Waals surface area contributed by atoms with Crippen molar-refractivity contribution >= 4 is 23.4 Å². The average molecular weight is 430 g/mol. The first-order valence-corrected chi connectivity index (χ1v) is 10.7. The van der Waals surface area contributed by atoms with E-state index in [0.717, 1.165) is 18.4 Å². The minimum absolute atomic E-state index is 0.0283. The Hall–Kier alpha value is -2.60. The van der Waals surface area contributed by atoms with Crippen LogP contribution in [-0.2, 0) is 4.79 Å². The highest BCUT2D eigenvalue weighted by molar-refractivity contribution is 6.30. The van der Waals surface area contributed by atoms with Crippen LogP contribution in [0, 0.1) is 12.8 Å². The number of halogens is 1. The van der Waals surface area contributed by atoms with Gasteiger partial charge in [-0.25, -0.2) is 4.98 Å². The second-order valence-corrected chi connectivity index (χ2v) is 8.45. The number of hydrogen-bond acceptors (Lipinski definition) is 4. The zero-order chi connectivity index (χ0) is 21.7. The monoisotopic (exact) mass is 429 g/mol. The van der Waals surface area contributed by atoms with Crippen LogP contribution in [0.5, 0.6) is 5.88 Å². The van der Waals surface area contributed by atoms with Crippen molar-refractivity contribution in [2.24, 2.45) is 5.92 Å². The van der Waals surface area contributed by atoms with E-state index in [1.54, 1.807) is 30.5 Å². The lowest BCUT2D eigenvalue weighted by Crippen LogP contribution is -2.53. The molecule has 0 radical (unpaired) electrons. The molecule has 7 heteroatoms. The Bertz CT molecular complexity index is 860. The van der Waals surface area contributed by atoms with E-state index < -0.39 is 6.04 Å². The predicted octanol–water partition coefficient (Wildman–Crippen LogP) is 3.87. The maximum absolute atomic E-state index is 13.1. The van der Waals surface area contributed by atoms with Crippen molar-refractivity contribution in [3.8, 4) is 5.88 Å². The number of piperidine rings is 1. The number of hydrogen-bond donors (Lipinski definition) is 1. The van der Waals surface area contributed by atoms with E-state index in [1.807, 2.05) is 37.8 Å². The van der Waals surface area contributed by atoms with Gasteiger partial charge in [0.05, 0.1) is 0 Å². The lowest BCUT2D eigenvalue weighted by atomic mass is 10.00. The van der Waals surface area contributed by atoms with E-state index in [4.69, 9.17) is 16.3 Å². The van der Waals surface area contributed by atoms with Gasteiger partial charge < -0.3 is 15.0 Å². The zero-order valence-corrected chi connectivity index (χ0v) is 18.4. The van der Waals surface area contributed by atoms with Crippen molar-refractivity contribution in [3.05, 3.63) is 58.7 Å². The largest absolute Gasteiger partial charge is 0.474 e. The first-order valence-electron chi connectivity index (χ1n) is 10.3. The molecule has 0 unspecified atom stereocenters. The molecule has 3 rings (SSSR count). The maximum atomic E-state index is 13.1. The molecule has 1 aliphatic rings. The SMILES string of the molecule is Cc1ccc(OC2CCN(C(=O)[C@H](NC(=O)c3ccc(Cl)cc3)C(C)C)CC2)nc1. The molecule has 1 fully saturated rings. The normalized spacial score (nSPS) is 15.7. The molecule has 30 heavy (non-hydrogen) atoms. The fourth-order valence-corrected chi connectivity index (χ4v) is 3.55. The molecule has 0 bridgehead atoms. The van der Waals surface area contributed by atoms with Gasteiger partial charge in [0, 0.05) is 48.8 Å². The van der Waals surface area contributed by atoms with Gasteiger partial charge in [-0.2, -0.15) is 0 Å². The van der Waals surface area contributed by atoms with Gasteiger partial charge in [-0.15, -0.1) is 0 Å². The summed E-state index contributed by atoms with van der Waals surface area (Å²) >= 11 is 5.89. The van der Waals surface area contributed by atoms with Gasteiger partial charge in [0.2, 0.25) is 11.8 Å². The molecule has 2 amide bonds. The van der Waals surface area contributed by atoms with Crippen molar-refractivity contribution < 1.29 is 14.3 Å². The van der Waals surface area contributed by atoms with Gasteiger partial charge in [-0.1, -0.05) is 31.5 Å². The smallest absolute Gasteiger partial charge is 0.251 e. The molecule has 1 aromatic carbocycles. The third-order valence-corrected chi connectivity index (χ3v) is 5.50. The molecule has 0 spiro atoms. The van der Waals surface area contributed by atoms with E-state index in [2.05, 4.69) is 10.3 Å². The van der Waals surface area contributed by atoms with Crippen LogP contribution in [0.3, 0.4) is 0 Å². The predicted molar refractivity (Wildman–Crippen MR) is 117 cm³/mol.